The molecule has 0 spiro atoms. The molecule has 132 valence electrons. The molecule has 1 heterocycles. The summed E-state index contributed by atoms with van der Waals surface area (Å²) >= 11 is 0. The van der Waals surface area contributed by atoms with Crippen molar-refractivity contribution in [3.63, 3.8) is 0 Å². The smallest absolute Gasteiger partial charge is 0.471 e. The molecule has 0 N–H and O–H groups in total. The molecule has 0 saturated carbocycles. The van der Waals surface area contributed by atoms with Gasteiger partial charge in [0.2, 0.25) is 5.91 Å². The molecule has 0 radical (unpaired) electrons. The first-order chi connectivity index (χ1) is 11.3. The van der Waals surface area contributed by atoms with Crippen LogP contribution in [0.1, 0.15) is 12.0 Å². The van der Waals surface area contributed by atoms with Crippen molar-refractivity contribution in [2.24, 2.45) is 0 Å². The van der Waals surface area contributed by atoms with Gasteiger partial charge >= 0.3 is 12.1 Å². The Hall–Kier alpha value is -2.25. The molecule has 2 rings (SSSR count). The molecular weight excluding hydrogens is 325 g/mol. The second kappa shape index (κ2) is 7.55. The van der Waals surface area contributed by atoms with E-state index in [1.807, 2.05) is 18.2 Å². The maximum atomic E-state index is 12.4. The summed E-state index contributed by atoms with van der Waals surface area (Å²) in [6, 6.07) is 7.36. The average Bonchev–Trinajstić information content (AvgIpc) is 2.58. The van der Waals surface area contributed by atoms with Crippen molar-refractivity contribution in [1.82, 2.24) is 9.80 Å². The first-order valence-corrected chi connectivity index (χ1v) is 7.58. The fraction of sp³-hybridized carbons (Fsp3) is 0.500. The first-order valence-electron chi connectivity index (χ1n) is 7.58. The number of carbonyl (C=O) groups excluding carboxylic acids is 2. The Morgan fingerprint density at radius 3 is 2.25 bits per heavy atom. The van der Waals surface area contributed by atoms with Crippen LogP contribution in [0.25, 0.3) is 0 Å². The maximum absolute atomic E-state index is 12.4. The number of benzene rings is 1. The summed E-state index contributed by atoms with van der Waals surface area (Å²) in [7, 11) is 1.55. The standard InChI is InChI=1S/C16H19F3N2O3/c1-24-13-5-3-2-4-12(13)6-7-14(22)20-8-10-21(11-9-20)15(23)16(17,18)19/h2-5H,6-11H2,1H3. The van der Waals surface area contributed by atoms with Gasteiger partial charge in [-0.3, -0.25) is 9.59 Å². The minimum absolute atomic E-state index is 0.0985. The zero-order valence-corrected chi connectivity index (χ0v) is 13.3. The van der Waals surface area contributed by atoms with Crippen molar-refractivity contribution in [2.45, 2.75) is 19.0 Å². The second-order valence-electron chi connectivity index (χ2n) is 5.48. The maximum Gasteiger partial charge on any atom is 0.471 e. The Kier molecular flexibility index (Phi) is 5.69. The van der Waals surface area contributed by atoms with Crippen LogP contribution in [0.5, 0.6) is 5.75 Å². The van der Waals surface area contributed by atoms with Crippen molar-refractivity contribution in [1.29, 1.82) is 0 Å². The van der Waals surface area contributed by atoms with Gasteiger partial charge < -0.3 is 14.5 Å². The van der Waals surface area contributed by atoms with Crippen molar-refractivity contribution < 1.29 is 27.5 Å². The topological polar surface area (TPSA) is 49.9 Å². The van der Waals surface area contributed by atoms with Crippen LogP contribution in [-0.2, 0) is 16.0 Å². The molecule has 5 nitrogen and oxygen atoms in total. The molecule has 0 aliphatic carbocycles. The number of methoxy groups -OCH3 is 1. The lowest BCUT2D eigenvalue weighted by Crippen LogP contribution is -2.53. The van der Waals surface area contributed by atoms with Gasteiger partial charge in [0.1, 0.15) is 5.75 Å². The second-order valence-corrected chi connectivity index (χ2v) is 5.48. The van der Waals surface area contributed by atoms with Crippen LogP contribution in [0.15, 0.2) is 24.3 Å². The molecule has 0 atom stereocenters. The van der Waals surface area contributed by atoms with Gasteiger partial charge in [-0.2, -0.15) is 13.2 Å². The van der Waals surface area contributed by atoms with E-state index in [1.54, 1.807) is 13.2 Å². The molecule has 1 fully saturated rings. The number of hydrogen-bond donors (Lipinski definition) is 0. The first kappa shape index (κ1) is 18.1. The Balaban J connectivity index is 1.84. The fourth-order valence-corrected chi connectivity index (χ4v) is 2.65. The lowest BCUT2D eigenvalue weighted by Gasteiger charge is -2.35. The van der Waals surface area contributed by atoms with E-state index in [0.29, 0.717) is 12.2 Å². The molecule has 1 aliphatic rings. The van der Waals surface area contributed by atoms with E-state index in [4.69, 9.17) is 4.74 Å². The number of rotatable bonds is 4. The van der Waals surface area contributed by atoms with Gasteiger partial charge in [0.15, 0.2) is 0 Å². The fourth-order valence-electron chi connectivity index (χ4n) is 2.65. The van der Waals surface area contributed by atoms with Crippen molar-refractivity contribution in [3.8, 4) is 5.75 Å². The highest BCUT2D eigenvalue weighted by atomic mass is 19.4. The number of carbonyl (C=O) groups is 2. The third kappa shape index (κ3) is 4.39. The molecular formula is C16H19F3N2O3. The molecule has 2 amide bonds. The minimum Gasteiger partial charge on any atom is -0.496 e. The largest absolute Gasteiger partial charge is 0.496 e. The molecule has 0 bridgehead atoms. The number of nitrogens with zero attached hydrogens (tertiary/aromatic N) is 2. The number of amides is 2. The van der Waals surface area contributed by atoms with Gasteiger partial charge in [-0.15, -0.1) is 0 Å². The van der Waals surface area contributed by atoms with Crippen LogP contribution >= 0.6 is 0 Å². The van der Waals surface area contributed by atoms with E-state index >= 15 is 0 Å². The highest BCUT2D eigenvalue weighted by Crippen LogP contribution is 2.21. The molecule has 1 aromatic rings. The Morgan fingerprint density at radius 1 is 1.08 bits per heavy atom. The molecule has 0 aromatic heterocycles. The minimum atomic E-state index is -4.87. The van der Waals surface area contributed by atoms with E-state index in [9.17, 15) is 22.8 Å². The third-order valence-corrected chi connectivity index (χ3v) is 3.96. The number of para-hydroxylation sites is 1. The van der Waals surface area contributed by atoms with Crippen molar-refractivity contribution in [2.75, 3.05) is 33.3 Å². The van der Waals surface area contributed by atoms with E-state index in [-0.39, 0.29) is 38.5 Å². The summed E-state index contributed by atoms with van der Waals surface area (Å²) in [5.41, 5.74) is 0.902. The van der Waals surface area contributed by atoms with Crippen LogP contribution in [0.4, 0.5) is 13.2 Å². The van der Waals surface area contributed by atoms with Crippen molar-refractivity contribution in [3.05, 3.63) is 29.8 Å². The summed E-state index contributed by atoms with van der Waals surface area (Å²) < 4.78 is 42.4. The lowest BCUT2D eigenvalue weighted by molar-refractivity contribution is -0.187. The normalized spacial score (nSPS) is 15.3. The van der Waals surface area contributed by atoms with Gasteiger partial charge in [-0.05, 0) is 18.1 Å². The Labute approximate surface area is 138 Å². The van der Waals surface area contributed by atoms with E-state index in [2.05, 4.69) is 0 Å². The van der Waals surface area contributed by atoms with Crippen LogP contribution in [0, 0.1) is 0 Å². The SMILES string of the molecule is COc1ccccc1CCC(=O)N1CCN(C(=O)C(F)(F)F)CC1. The van der Waals surface area contributed by atoms with E-state index in [0.717, 1.165) is 10.5 Å². The van der Waals surface area contributed by atoms with Crippen LogP contribution in [0.2, 0.25) is 0 Å². The zero-order valence-electron chi connectivity index (χ0n) is 13.3. The quantitative estimate of drug-likeness (QED) is 0.838. The highest BCUT2D eigenvalue weighted by molar-refractivity contribution is 5.82. The van der Waals surface area contributed by atoms with Crippen LogP contribution in [-0.4, -0.2) is 61.1 Å². The van der Waals surface area contributed by atoms with Crippen molar-refractivity contribution >= 4 is 11.8 Å². The lowest BCUT2D eigenvalue weighted by atomic mass is 10.1. The van der Waals surface area contributed by atoms with Gasteiger partial charge in [-0.1, -0.05) is 18.2 Å². The van der Waals surface area contributed by atoms with E-state index < -0.39 is 12.1 Å². The van der Waals surface area contributed by atoms with Crippen LogP contribution < -0.4 is 4.74 Å². The average molecular weight is 344 g/mol. The van der Waals surface area contributed by atoms with Crippen LogP contribution in [0.3, 0.4) is 0 Å². The molecule has 1 aromatic carbocycles. The Bertz CT molecular complexity index is 596. The van der Waals surface area contributed by atoms with Gasteiger partial charge in [0.25, 0.3) is 0 Å². The summed E-state index contributed by atoms with van der Waals surface area (Å²) in [4.78, 5) is 25.6. The Morgan fingerprint density at radius 2 is 1.67 bits per heavy atom. The third-order valence-electron chi connectivity index (χ3n) is 3.96. The number of piperazine rings is 1. The molecule has 8 heteroatoms. The predicted molar refractivity (Wildman–Crippen MR) is 80.5 cm³/mol. The number of hydrogen-bond acceptors (Lipinski definition) is 3. The summed E-state index contributed by atoms with van der Waals surface area (Å²) in [5, 5.41) is 0. The number of ether oxygens (including phenoxy) is 1. The van der Waals surface area contributed by atoms with Gasteiger partial charge in [0.05, 0.1) is 7.11 Å². The summed E-state index contributed by atoms with van der Waals surface area (Å²) in [5.74, 6) is -1.28. The number of aryl methyl sites for hydroxylation is 1. The van der Waals surface area contributed by atoms with Gasteiger partial charge in [0, 0.05) is 32.6 Å². The van der Waals surface area contributed by atoms with Gasteiger partial charge in [-0.25, -0.2) is 0 Å². The number of alkyl halides is 3. The molecule has 24 heavy (non-hydrogen) atoms. The molecule has 1 saturated heterocycles. The monoisotopic (exact) mass is 344 g/mol. The molecule has 1 aliphatic heterocycles. The zero-order chi connectivity index (χ0) is 17.7. The van der Waals surface area contributed by atoms with E-state index in [1.165, 1.54) is 4.90 Å². The highest BCUT2D eigenvalue weighted by Gasteiger charge is 2.43. The predicted octanol–water partition coefficient (Wildman–Crippen LogP) is 1.86. The summed E-state index contributed by atoms with van der Waals surface area (Å²) in [6.07, 6.45) is -4.13. The summed E-state index contributed by atoms with van der Waals surface area (Å²) in [6.45, 7) is 0.0383. The number of halogens is 3. The molecule has 0 unspecified atom stereocenters.